The van der Waals surface area contributed by atoms with Gasteiger partial charge in [0.1, 0.15) is 0 Å². The van der Waals surface area contributed by atoms with Crippen LogP contribution in [0, 0.1) is 12.8 Å². The van der Waals surface area contributed by atoms with Crippen LogP contribution in [0.3, 0.4) is 0 Å². The van der Waals surface area contributed by atoms with E-state index in [-0.39, 0.29) is 19.1 Å². The average Bonchev–Trinajstić information content (AvgIpc) is 2.20. The van der Waals surface area contributed by atoms with Gasteiger partial charge in [-0.3, -0.25) is 4.79 Å². The molecule has 1 aromatic carbocycles. The lowest BCUT2D eigenvalue weighted by molar-refractivity contribution is -0.145. The molecule has 0 saturated carbocycles. The summed E-state index contributed by atoms with van der Waals surface area (Å²) in [4.78, 5) is 23.9. The number of nitrogens with one attached hydrogen (secondary N) is 1. The number of hydrogen-bond donors (Lipinski definition) is 2. The number of benzene rings is 1. The molecule has 2 amide bonds. The third-order valence-electron chi connectivity index (χ3n) is 2.88. The minimum atomic E-state index is -0.851. The normalized spacial score (nSPS) is 15.1. The number of carbonyl (C=O) groups is 2. The first kappa shape index (κ1) is 12.9. The van der Waals surface area contributed by atoms with Crippen LogP contribution < -0.4 is 5.32 Å². The van der Waals surface area contributed by atoms with Gasteiger partial charge in [-0.1, -0.05) is 6.07 Å². The Morgan fingerprint density at radius 3 is 2.72 bits per heavy atom. The number of halogens is 1. The fraction of sp³-hybridized carbons (Fsp3) is 0.333. The predicted molar refractivity (Wildman–Crippen MR) is 70.6 cm³/mol. The molecule has 1 fully saturated rings. The second kappa shape index (κ2) is 4.97. The third kappa shape index (κ3) is 2.64. The molecule has 1 heterocycles. The maximum Gasteiger partial charge on any atom is 0.321 e. The van der Waals surface area contributed by atoms with Crippen LogP contribution in [-0.4, -0.2) is 35.1 Å². The van der Waals surface area contributed by atoms with Crippen molar-refractivity contribution in [1.82, 2.24) is 4.90 Å². The molecule has 0 spiro atoms. The van der Waals surface area contributed by atoms with Crippen molar-refractivity contribution in [1.29, 1.82) is 0 Å². The minimum absolute atomic E-state index is 0.265. The highest BCUT2D eigenvalue weighted by Gasteiger charge is 2.35. The van der Waals surface area contributed by atoms with E-state index >= 15 is 0 Å². The molecule has 1 aromatic rings. The quantitative estimate of drug-likeness (QED) is 0.880. The Bertz CT molecular complexity index is 498. The zero-order valence-corrected chi connectivity index (χ0v) is 11.4. The first-order valence-electron chi connectivity index (χ1n) is 5.52. The first-order chi connectivity index (χ1) is 8.47. The molecule has 96 valence electrons. The van der Waals surface area contributed by atoms with Crippen molar-refractivity contribution in [3.63, 3.8) is 0 Å². The van der Waals surface area contributed by atoms with E-state index in [1.807, 2.05) is 25.1 Å². The topological polar surface area (TPSA) is 69.6 Å². The number of hydrogen-bond acceptors (Lipinski definition) is 2. The number of carboxylic acids is 1. The lowest BCUT2D eigenvalue weighted by Crippen LogP contribution is -2.54. The summed E-state index contributed by atoms with van der Waals surface area (Å²) in [6.45, 7) is 2.47. The van der Waals surface area contributed by atoms with E-state index in [0.717, 1.165) is 10.0 Å². The summed E-state index contributed by atoms with van der Waals surface area (Å²) in [7, 11) is 0. The second-order valence-electron chi connectivity index (χ2n) is 4.35. The van der Waals surface area contributed by atoms with Crippen LogP contribution in [0.2, 0.25) is 0 Å². The summed E-state index contributed by atoms with van der Waals surface area (Å²) in [5, 5.41) is 11.5. The molecular weight excluding hydrogens is 300 g/mol. The Morgan fingerprint density at radius 2 is 2.11 bits per heavy atom. The fourth-order valence-electron chi connectivity index (χ4n) is 1.73. The number of urea groups is 1. The van der Waals surface area contributed by atoms with Crippen LogP contribution in [0.15, 0.2) is 22.7 Å². The minimum Gasteiger partial charge on any atom is -0.481 e. The van der Waals surface area contributed by atoms with Gasteiger partial charge in [-0.15, -0.1) is 0 Å². The molecule has 0 atom stereocenters. The molecule has 0 aliphatic carbocycles. The molecule has 1 saturated heterocycles. The molecule has 5 nitrogen and oxygen atoms in total. The number of aliphatic carboxylic acids is 1. The summed E-state index contributed by atoms with van der Waals surface area (Å²) < 4.78 is 0.803. The highest BCUT2D eigenvalue weighted by molar-refractivity contribution is 9.10. The summed E-state index contributed by atoms with van der Waals surface area (Å²) in [5.74, 6) is -1.28. The average molecular weight is 313 g/mol. The van der Waals surface area contributed by atoms with E-state index in [0.29, 0.717) is 5.69 Å². The SMILES string of the molecule is Cc1ccc(Br)c(NC(=O)N2CC(C(=O)O)C2)c1. The molecule has 2 rings (SSSR count). The summed E-state index contributed by atoms with van der Waals surface area (Å²) >= 11 is 3.36. The number of aryl methyl sites for hydroxylation is 1. The molecule has 0 bridgehead atoms. The van der Waals surface area contributed by atoms with Crippen molar-refractivity contribution in [2.45, 2.75) is 6.92 Å². The zero-order chi connectivity index (χ0) is 13.3. The van der Waals surface area contributed by atoms with E-state index in [9.17, 15) is 9.59 Å². The molecule has 6 heteroatoms. The van der Waals surface area contributed by atoms with Crippen LogP contribution in [0.4, 0.5) is 10.5 Å². The second-order valence-corrected chi connectivity index (χ2v) is 5.21. The number of amides is 2. The number of nitrogens with zero attached hydrogens (tertiary/aromatic N) is 1. The Kier molecular flexibility index (Phi) is 3.56. The van der Waals surface area contributed by atoms with Gasteiger partial charge in [-0.05, 0) is 40.5 Å². The zero-order valence-electron chi connectivity index (χ0n) is 9.81. The number of carboxylic acid groups (broad SMARTS) is 1. The van der Waals surface area contributed by atoms with Crippen molar-refractivity contribution in [2.24, 2.45) is 5.92 Å². The lowest BCUT2D eigenvalue weighted by Gasteiger charge is -2.36. The first-order valence-corrected chi connectivity index (χ1v) is 6.31. The summed E-state index contributed by atoms with van der Waals surface area (Å²) in [5.41, 5.74) is 1.74. The van der Waals surface area contributed by atoms with Crippen molar-refractivity contribution in [3.05, 3.63) is 28.2 Å². The standard InChI is InChI=1S/C12H13BrN2O3/c1-7-2-3-9(13)10(4-7)14-12(18)15-5-8(6-15)11(16)17/h2-4,8H,5-6H2,1H3,(H,14,18)(H,16,17). The van der Waals surface area contributed by atoms with Crippen LogP contribution in [0.1, 0.15) is 5.56 Å². The summed E-state index contributed by atoms with van der Waals surface area (Å²) in [6.07, 6.45) is 0. The maximum atomic E-state index is 11.8. The molecule has 0 radical (unpaired) electrons. The van der Waals surface area contributed by atoms with Gasteiger partial charge in [0, 0.05) is 17.6 Å². The van der Waals surface area contributed by atoms with Gasteiger partial charge in [0.15, 0.2) is 0 Å². The largest absolute Gasteiger partial charge is 0.481 e. The van der Waals surface area contributed by atoms with Crippen molar-refractivity contribution in [2.75, 3.05) is 18.4 Å². The lowest BCUT2D eigenvalue weighted by atomic mass is 10.0. The molecule has 1 aliphatic rings. The van der Waals surface area contributed by atoms with Gasteiger partial charge in [0.05, 0.1) is 11.6 Å². The Labute approximate surface area is 113 Å². The third-order valence-corrected chi connectivity index (χ3v) is 3.57. The molecule has 2 N–H and O–H groups in total. The van der Waals surface area contributed by atoms with Gasteiger partial charge in [0.25, 0.3) is 0 Å². The molecule has 18 heavy (non-hydrogen) atoms. The number of anilines is 1. The number of likely N-dealkylation sites (tertiary alicyclic amines) is 1. The van der Waals surface area contributed by atoms with Gasteiger partial charge >= 0.3 is 12.0 Å². The van der Waals surface area contributed by atoms with Crippen LogP contribution >= 0.6 is 15.9 Å². The number of rotatable bonds is 2. The Hall–Kier alpha value is -1.56. The number of carbonyl (C=O) groups excluding carboxylic acids is 1. The monoisotopic (exact) mass is 312 g/mol. The van der Waals surface area contributed by atoms with Gasteiger partial charge in [-0.2, -0.15) is 0 Å². The fourth-order valence-corrected chi connectivity index (χ4v) is 2.08. The maximum absolute atomic E-state index is 11.8. The highest BCUT2D eigenvalue weighted by atomic mass is 79.9. The van der Waals surface area contributed by atoms with Crippen molar-refractivity contribution in [3.8, 4) is 0 Å². The van der Waals surface area contributed by atoms with E-state index < -0.39 is 11.9 Å². The molecule has 1 aliphatic heterocycles. The van der Waals surface area contributed by atoms with E-state index in [1.165, 1.54) is 4.90 Å². The molecule has 0 unspecified atom stereocenters. The van der Waals surface area contributed by atoms with E-state index in [4.69, 9.17) is 5.11 Å². The smallest absolute Gasteiger partial charge is 0.321 e. The summed E-state index contributed by atoms with van der Waals surface area (Å²) in [6, 6.07) is 5.39. The van der Waals surface area contributed by atoms with E-state index in [2.05, 4.69) is 21.2 Å². The molecule has 0 aromatic heterocycles. The van der Waals surface area contributed by atoms with E-state index in [1.54, 1.807) is 0 Å². The Morgan fingerprint density at radius 1 is 1.44 bits per heavy atom. The van der Waals surface area contributed by atoms with Crippen LogP contribution in [0.5, 0.6) is 0 Å². The van der Waals surface area contributed by atoms with Crippen molar-refractivity contribution < 1.29 is 14.7 Å². The van der Waals surface area contributed by atoms with Gasteiger partial charge in [-0.25, -0.2) is 4.79 Å². The van der Waals surface area contributed by atoms with Crippen molar-refractivity contribution >= 4 is 33.6 Å². The highest BCUT2D eigenvalue weighted by Crippen LogP contribution is 2.25. The van der Waals surface area contributed by atoms with Crippen LogP contribution in [0.25, 0.3) is 0 Å². The van der Waals surface area contributed by atoms with Gasteiger partial charge in [0.2, 0.25) is 0 Å². The van der Waals surface area contributed by atoms with Crippen LogP contribution in [-0.2, 0) is 4.79 Å². The Balaban J connectivity index is 1.96. The molecular formula is C12H13BrN2O3. The predicted octanol–water partition coefficient (Wildman–Crippen LogP) is 2.31. The van der Waals surface area contributed by atoms with Gasteiger partial charge < -0.3 is 15.3 Å².